The zero-order valence-electron chi connectivity index (χ0n) is 13.4. The summed E-state index contributed by atoms with van der Waals surface area (Å²) in [5, 5.41) is 0. The second-order valence-corrected chi connectivity index (χ2v) is 5.86. The first-order valence-electron chi connectivity index (χ1n) is 7.91. The topological polar surface area (TPSA) is 53.1 Å². The molecule has 2 N–H and O–H groups in total. The first-order chi connectivity index (χ1) is 10.2. The minimum absolute atomic E-state index is 0.562. The lowest BCUT2D eigenvalue weighted by molar-refractivity contribution is 0.144. The molecule has 0 unspecified atom stereocenters. The van der Waals surface area contributed by atoms with E-state index in [4.69, 9.17) is 15.5 Å². The molecule has 0 amide bonds. The Labute approximate surface area is 127 Å². The molecule has 0 fully saturated rings. The van der Waals surface area contributed by atoms with Crippen LogP contribution in [-0.4, -0.2) is 22.8 Å². The Morgan fingerprint density at radius 2 is 2.14 bits per heavy atom. The Hall–Kier alpha value is -1.39. The highest BCUT2D eigenvalue weighted by atomic mass is 16.5. The summed E-state index contributed by atoms with van der Waals surface area (Å²) in [5.41, 5.74) is 9.14. The van der Waals surface area contributed by atoms with Gasteiger partial charge in [0.15, 0.2) is 0 Å². The zero-order chi connectivity index (χ0) is 15.2. The maximum absolute atomic E-state index is 5.73. The van der Waals surface area contributed by atoms with Gasteiger partial charge in [0.1, 0.15) is 5.82 Å². The van der Waals surface area contributed by atoms with Gasteiger partial charge in [-0.15, -0.1) is 0 Å². The van der Waals surface area contributed by atoms with E-state index < -0.39 is 0 Å². The van der Waals surface area contributed by atoms with E-state index in [2.05, 4.69) is 36.6 Å². The summed E-state index contributed by atoms with van der Waals surface area (Å²) in [6.07, 6.45) is 1.97. The van der Waals surface area contributed by atoms with Crippen molar-refractivity contribution in [3.63, 3.8) is 0 Å². The van der Waals surface area contributed by atoms with Crippen LogP contribution in [0.2, 0.25) is 0 Å². The van der Waals surface area contributed by atoms with Crippen LogP contribution in [0.1, 0.15) is 38.6 Å². The maximum Gasteiger partial charge on any atom is 0.109 e. The third-order valence-electron chi connectivity index (χ3n) is 3.57. The molecule has 1 aromatic carbocycles. The summed E-state index contributed by atoms with van der Waals surface area (Å²) in [7, 11) is 0. The summed E-state index contributed by atoms with van der Waals surface area (Å²) in [6.45, 7) is 9.66. The molecule has 0 atom stereocenters. The molecule has 0 aliphatic heterocycles. The Morgan fingerprint density at radius 3 is 2.81 bits per heavy atom. The van der Waals surface area contributed by atoms with Crippen LogP contribution in [0.4, 0.5) is 0 Å². The molecule has 0 spiro atoms. The largest absolute Gasteiger partial charge is 0.382 e. The lowest BCUT2D eigenvalue weighted by Gasteiger charge is -2.12. The van der Waals surface area contributed by atoms with Crippen LogP contribution < -0.4 is 5.73 Å². The highest BCUT2D eigenvalue weighted by Crippen LogP contribution is 2.20. The molecule has 0 saturated heterocycles. The number of benzene rings is 1. The van der Waals surface area contributed by atoms with Crippen molar-refractivity contribution in [3.05, 3.63) is 29.6 Å². The van der Waals surface area contributed by atoms with Crippen molar-refractivity contribution >= 4 is 11.0 Å². The summed E-state index contributed by atoms with van der Waals surface area (Å²) >= 11 is 0. The smallest absolute Gasteiger partial charge is 0.109 e. The standard InChI is InChI=1S/C17H27N3O/c1-4-21-9-5-6-17-19-15-10-14(11-18)7-8-16(15)20(17)12-13(2)3/h7-8,10,13H,4-6,9,11-12,18H2,1-3H3. The molecule has 116 valence electrons. The molecule has 21 heavy (non-hydrogen) atoms. The molecule has 1 heterocycles. The number of hydrogen-bond donors (Lipinski definition) is 1. The molecule has 2 aromatic rings. The first kappa shape index (κ1) is 16.0. The van der Waals surface area contributed by atoms with Gasteiger partial charge in [-0.1, -0.05) is 19.9 Å². The fraction of sp³-hybridized carbons (Fsp3) is 0.588. The summed E-state index contributed by atoms with van der Waals surface area (Å²) < 4.78 is 7.79. The summed E-state index contributed by atoms with van der Waals surface area (Å²) in [5.74, 6) is 1.76. The van der Waals surface area contributed by atoms with E-state index in [9.17, 15) is 0 Å². The number of hydrogen-bond acceptors (Lipinski definition) is 3. The van der Waals surface area contributed by atoms with Crippen molar-refractivity contribution in [2.24, 2.45) is 11.7 Å². The zero-order valence-corrected chi connectivity index (χ0v) is 13.4. The summed E-state index contributed by atoms with van der Waals surface area (Å²) in [6, 6.07) is 6.36. The number of aryl methyl sites for hydroxylation is 1. The predicted octanol–water partition coefficient (Wildman–Crippen LogP) is 3.12. The van der Waals surface area contributed by atoms with Crippen molar-refractivity contribution in [1.29, 1.82) is 0 Å². The average Bonchev–Trinajstić information content (AvgIpc) is 2.80. The highest BCUT2D eigenvalue weighted by molar-refractivity contribution is 5.77. The van der Waals surface area contributed by atoms with Gasteiger partial charge in [0.25, 0.3) is 0 Å². The van der Waals surface area contributed by atoms with Crippen LogP contribution in [0.3, 0.4) is 0 Å². The van der Waals surface area contributed by atoms with Crippen molar-refractivity contribution in [3.8, 4) is 0 Å². The minimum Gasteiger partial charge on any atom is -0.382 e. The second-order valence-electron chi connectivity index (χ2n) is 5.86. The van der Waals surface area contributed by atoms with Crippen molar-refractivity contribution < 1.29 is 4.74 Å². The van der Waals surface area contributed by atoms with Crippen LogP contribution in [0.25, 0.3) is 11.0 Å². The third-order valence-corrected chi connectivity index (χ3v) is 3.57. The monoisotopic (exact) mass is 289 g/mol. The lowest BCUT2D eigenvalue weighted by Crippen LogP contribution is -2.09. The normalized spacial score (nSPS) is 11.7. The lowest BCUT2D eigenvalue weighted by atomic mass is 10.2. The molecular formula is C17H27N3O. The number of nitrogens with zero attached hydrogens (tertiary/aromatic N) is 2. The first-order valence-corrected chi connectivity index (χ1v) is 7.91. The van der Waals surface area contributed by atoms with E-state index in [1.165, 1.54) is 5.52 Å². The number of aromatic nitrogens is 2. The van der Waals surface area contributed by atoms with Gasteiger partial charge < -0.3 is 15.0 Å². The molecule has 0 radical (unpaired) electrons. The van der Waals surface area contributed by atoms with Gasteiger partial charge >= 0.3 is 0 Å². The predicted molar refractivity (Wildman–Crippen MR) is 87.3 cm³/mol. The van der Waals surface area contributed by atoms with E-state index in [1.807, 2.05) is 6.92 Å². The van der Waals surface area contributed by atoms with Gasteiger partial charge in [-0.05, 0) is 37.0 Å². The molecule has 0 aliphatic carbocycles. The number of rotatable bonds is 8. The molecular weight excluding hydrogens is 262 g/mol. The Morgan fingerprint density at radius 1 is 1.33 bits per heavy atom. The number of nitrogens with two attached hydrogens (primary N) is 1. The van der Waals surface area contributed by atoms with E-state index in [0.717, 1.165) is 49.5 Å². The van der Waals surface area contributed by atoms with Crippen molar-refractivity contribution in [2.75, 3.05) is 13.2 Å². The molecule has 4 nitrogen and oxygen atoms in total. The van der Waals surface area contributed by atoms with Gasteiger partial charge in [-0.25, -0.2) is 4.98 Å². The van der Waals surface area contributed by atoms with Crippen LogP contribution in [0.5, 0.6) is 0 Å². The van der Waals surface area contributed by atoms with E-state index >= 15 is 0 Å². The Kier molecular flexibility index (Phi) is 5.76. The number of ether oxygens (including phenoxy) is 1. The second kappa shape index (κ2) is 7.57. The van der Waals surface area contributed by atoms with E-state index in [0.29, 0.717) is 12.5 Å². The fourth-order valence-electron chi connectivity index (χ4n) is 2.59. The number of fused-ring (bicyclic) bond motifs is 1. The van der Waals surface area contributed by atoms with Gasteiger partial charge in [-0.3, -0.25) is 0 Å². The Bertz CT molecular complexity index is 575. The van der Waals surface area contributed by atoms with Gasteiger partial charge in [0, 0.05) is 32.7 Å². The maximum atomic E-state index is 5.73. The van der Waals surface area contributed by atoms with E-state index in [1.54, 1.807) is 0 Å². The van der Waals surface area contributed by atoms with Gasteiger partial charge in [-0.2, -0.15) is 0 Å². The van der Waals surface area contributed by atoms with Gasteiger partial charge in [0.2, 0.25) is 0 Å². The molecule has 4 heteroatoms. The third kappa shape index (κ3) is 4.05. The number of imidazole rings is 1. The van der Waals surface area contributed by atoms with Crippen molar-refractivity contribution in [1.82, 2.24) is 9.55 Å². The van der Waals surface area contributed by atoms with Crippen LogP contribution in [0, 0.1) is 5.92 Å². The minimum atomic E-state index is 0.562. The van der Waals surface area contributed by atoms with Gasteiger partial charge in [0.05, 0.1) is 11.0 Å². The Balaban J connectivity index is 2.27. The average molecular weight is 289 g/mol. The molecule has 0 saturated carbocycles. The fourth-order valence-corrected chi connectivity index (χ4v) is 2.59. The molecule has 2 rings (SSSR count). The molecule has 0 bridgehead atoms. The summed E-state index contributed by atoms with van der Waals surface area (Å²) in [4.78, 5) is 4.82. The quantitative estimate of drug-likeness (QED) is 0.760. The van der Waals surface area contributed by atoms with Crippen LogP contribution >= 0.6 is 0 Å². The SMILES string of the molecule is CCOCCCc1nc2cc(CN)ccc2n1CC(C)C. The van der Waals surface area contributed by atoms with E-state index in [-0.39, 0.29) is 0 Å². The molecule has 0 aliphatic rings. The molecule has 1 aromatic heterocycles. The highest BCUT2D eigenvalue weighted by Gasteiger charge is 2.12. The van der Waals surface area contributed by atoms with Crippen molar-refractivity contribution in [2.45, 2.75) is 46.7 Å². The van der Waals surface area contributed by atoms with Crippen LogP contribution in [0.15, 0.2) is 18.2 Å². The van der Waals surface area contributed by atoms with Crippen LogP contribution in [-0.2, 0) is 24.2 Å².